The predicted octanol–water partition coefficient (Wildman–Crippen LogP) is 1.91. The Morgan fingerprint density at radius 3 is 2.40 bits per heavy atom. The van der Waals surface area contributed by atoms with Crippen molar-refractivity contribution in [3.63, 3.8) is 0 Å². The van der Waals surface area contributed by atoms with Crippen LogP contribution in [0, 0.1) is 5.41 Å². The second-order valence-corrected chi connectivity index (χ2v) is 5.86. The zero-order valence-electron chi connectivity index (χ0n) is 12.0. The van der Waals surface area contributed by atoms with Gasteiger partial charge in [0.25, 0.3) is 5.91 Å². The summed E-state index contributed by atoms with van der Waals surface area (Å²) in [7, 11) is 1.66. The van der Waals surface area contributed by atoms with E-state index in [9.17, 15) is 9.59 Å². The van der Waals surface area contributed by atoms with E-state index in [1.165, 1.54) is 12.1 Å². The molecule has 1 aliphatic rings. The van der Waals surface area contributed by atoms with Crippen LogP contribution in [-0.2, 0) is 4.74 Å². The Balaban J connectivity index is 2.04. The van der Waals surface area contributed by atoms with Crippen LogP contribution in [-0.4, -0.2) is 35.7 Å². The van der Waals surface area contributed by atoms with E-state index in [4.69, 9.17) is 14.3 Å². The van der Waals surface area contributed by atoms with E-state index in [0.717, 1.165) is 0 Å². The molecule has 0 aromatic carbocycles. The second kappa shape index (κ2) is 4.63. The van der Waals surface area contributed by atoms with Gasteiger partial charge in [0.2, 0.25) is 5.76 Å². The molecule has 0 aliphatic heterocycles. The molecule has 110 valence electrons. The molecular weight excluding hydrogens is 262 g/mol. The molecule has 6 heteroatoms. The molecule has 0 spiro atoms. The van der Waals surface area contributed by atoms with Crippen LogP contribution < -0.4 is 5.32 Å². The Bertz CT molecular complexity index is 548. The van der Waals surface area contributed by atoms with Crippen molar-refractivity contribution in [1.29, 1.82) is 0 Å². The minimum absolute atomic E-state index is 0.00391. The van der Waals surface area contributed by atoms with Crippen molar-refractivity contribution in [2.24, 2.45) is 5.41 Å². The third-order valence-corrected chi connectivity index (χ3v) is 4.62. The highest BCUT2D eigenvalue weighted by atomic mass is 16.5. The monoisotopic (exact) mass is 281 g/mol. The lowest BCUT2D eigenvalue weighted by molar-refractivity contribution is -0.177. The van der Waals surface area contributed by atoms with Crippen LogP contribution in [0.2, 0.25) is 0 Å². The number of nitrogens with one attached hydrogen (secondary N) is 1. The van der Waals surface area contributed by atoms with Crippen molar-refractivity contribution in [3.05, 3.63) is 23.7 Å². The average Bonchev–Trinajstić information content (AvgIpc) is 2.87. The molecule has 0 saturated heterocycles. The molecule has 6 nitrogen and oxygen atoms in total. The van der Waals surface area contributed by atoms with Crippen LogP contribution in [0.3, 0.4) is 0 Å². The molecule has 2 rings (SSSR count). The number of rotatable bonds is 4. The van der Waals surface area contributed by atoms with Gasteiger partial charge in [0.05, 0.1) is 5.60 Å². The largest absolute Gasteiger partial charge is 0.475 e. The Labute approximate surface area is 117 Å². The lowest BCUT2D eigenvalue weighted by atomic mass is 9.56. The highest BCUT2D eigenvalue weighted by molar-refractivity contribution is 5.93. The van der Waals surface area contributed by atoms with E-state index < -0.39 is 11.9 Å². The minimum Gasteiger partial charge on any atom is -0.475 e. The molecule has 1 aliphatic carbocycles. The second-order valence-electron chi connectivity index (χ2n) is 5.86. The van der Waals surface area contributed by atoms with Crippen molar-refractivity contribution < 1.29 is 23.8 Å². The summed E-state index contributed by atoms with van der Waals surface area (Å²) in [4.78, 5) is 22.7. The number of furan rings is 1. The SMILES string of the molecule is CO[C@]1(C)C[C@@H](NC(=O)c2ccc(C(=O)O)o2)C1(C)C. The maximum atomic E-state index is 12.0. The number of aromatic carboxylic acids is 1. The van der Waals surface area contributed by atoms with E-state index >= 15 is 0 Å². The van der Waals surface area contributed by atoms with Gasteiger partial charge in [-0.1, -0.05) is 13.8 Å². The third-order valence-electron chi connectivity index (χ3n) is 4.62. The van der Waals surface area contributed by atoms with Crippen LogP contribution in [0.1, 0.15) is 48.3 Å². The van der Waals surface area contributed by atoms with Crippen LogP contribution in [0.25, 0.3) is 0 Å². The molecule has 1 aromatic heterocycles. The zero-order chi connectivity index (χ0) is 15.1. The number of methoxy groups -OCH3 is 1. The fourth-order valence-corrected chi connectivity index (χ4v) is 2.53. The first-order chi connectivity index (χ1) is 9.21. The first-order valence-corrected chi connectivity index (χ1v) is 6.40. The van der Waals surface area contributed by atoms with E-state index in [0.29, 0.717) is 6.42 Å². The third kappa shape index (κ3) is 2.10. The molecular formula is C14H19NO5. The number of carbonyl (C=O) groups excluding carboxylic acids is 1. The number of amides is 1. The molecule has 1 saturated carbocycles. The average molecular weight is 281 g/mol. The van der Waals surface area contributed by atoms with Gasteiger partial charge in [0, 0.05) is 18.6 Å². The van der Waals surface area contributed by atoms with Crippen molar-refractivity contribution in [1.82, 2.24) is 5.32 Å². The van der Waals surface area contributed by atoms with Crippen LogP contribution in [0.5, 0.6) is 0 Å². The molecule has 20 heavy (non-hydrogen) atoms. The lowest BCUT2D eigenvalue weighted by Gasteiger charge is -2.59. The van der Waals surface area contributed by atoms with E-state index in [1.54, 1.807) is 7.11 Å². The van der Waals surface area contributed by atoms with E-state index in [2.05, 4.69) is 5.32 Å². The Morgan fingerprint density at radius 2 is 1.95 bits per heavy atom. The summed E-state index contributed by atoms with van der Waals surface area (Å²) in [5.74, 6) is -1.84. The van der Waals surface area contributed by atoms with Gasteiger partial charge in [-0.2, -0.15) is 0 Å². The van der Waals surface area contributed by atoms with Crippen LogP contribution >= 0.6 is 0 Å². The number of carboxylic acid groups (broad SMARTS) is 1. The van der Waals surface area contributed by atoms with Crippen molar-refractivity contribution in [2.75, 3.05) is 7.11 Å². The van der Waals surface area contributed by atoms with Gasteiger partial charge in [0.15, 0.2) is 5.76 Å². The van der Waals surface area contributed by atoms with Crippen LogP contribution in [0.4, 0.5) is 0 Å². The van der Waals surface area contributed by atoms with E-state index in [-0.39, 0.29) is 28.6 Å². The quantitative estimate of drug-likeness (QED) is 0.880. The van der Waals surface area contributed by atoms with Gasteiger partial charge in [0.1, 0.15) is 0 Å². The number of carboxylic acids is 1. The summed E-state index contributed by atoms with van der Waals surface area (Å²) >= 11 is 0. The summed E-state index contributed by atoms with van der Waals surface area (Å²) in [5, 5.41) is 11.6. The molecule has 1 amide bonds. The number of hydrogen-bond acceptors (Lipinski definition) is 4. The van der Waals surface area contributed by atoms with E-state index in [1.807, 2.05) is 20.8 Å². The van der Waals surface area contributed by atoms with Crippen molar-refractivity contribution in [3.8, 4) is 0 Å². The Morgan fingerprint density at radius 1 is 1.35 bits per heavy atom. The molecule has 0 bridgehead atoms. The van der Waals surface area contributed by atoms with Crippen molar-refractivity contribution in [2.45, 2.75) is 38.8 Å². The molecule has 2 atom stereocenters. The first kappa shape index (κ1) is 14.6. The van der Waals surface area contributed by atoms with Gasteiger partial charge in [-0.25, -0.2) is 4.79 Å². The maximum absolute atomic E-state index is 12.0. The standard InChI is InChI=1S/C14H19NO5/c1-13(2)10(7-14(13,3)19-4)15-11(16)8-5-6-9(20-8)12(17)18/h5-6,10H,7H2,1-4H3,(H,15,16)(H,17,18)/t10-,14-/m1/s1. The maximum Gasteiger partial charge on any atom is 0.371 e. The summed E-state index contributed by atoms with van der Waals surface area (Å²) < 4.78 is 10.5. The zero-order valence-corrected chi connectivity index (χ0v) is 12.0. The predicted molar refractivity (Wildman–Crippen MR) is 70.7 cm³/mol. The normalized spacial score (nSPS) is 27.7. The number of ether oxygens (including phenoxy) is 1. The first-order valence-electron chi connectivity index (χ1n) is 6.40. The van der Waals surface area contributed by atoms with Crippen LogP contribution in [0.15, 0.2) is 16.5 Å². The number of carbonyl (C=O) groups is 2. The van der Waals surface area contributed by atoms with Gasteiger partial charge >= 0.3 is 5.97 Å². The fraction of sp³-hybridized carbons (Fsp3) is 0.571. The van der Waals surface area contributed by atoms with Gasteiger partial charge in [-0.05, 0) is 25.5 Å². The fourth-order valence-electron chi connectivity index (χ4n) is 2.53. The minimum atomic E-state index is -1.19. The van der Waals surface area contributed by atoms with Gasteiger partial charge < -0.3 is 19.6 Å². The summed E-state index contributed by atoms with van der Waals surface area (Å²) in [6.07, 6.45) is 0.703. The highest BCUT2D eigenvalue weighted by Crippen LogP contribution is 2.51. The van der Waals surface area contributed by atoms with Crippen molar-refractivity contribution >= 4 is 11.9 Å². The highest BCUT2D eigenvalue weighted by Gasteiger charge is 2.58. The number of hydrogen-bond donors (Lipinski definition) is 2. The lowest BCUT2D eigenvalue weighted by Crippen LogP contribution is -2.68. The molecule has 0 radical (unpaired) electrons. The molecule has 1 heterocycles. The summed E-state index contributed by atoms with van der Waals surface area (Å²) in [6.45, 7) is 6.05. The topological polar surface area (TPSA) is 88.8 Å². The Kier molecular flexibility index (Phi) is 3.37. The summed E-state index contributed by atoms with van der Waals surface area (Å²) in [6, 6.07) is 2.58. The van der Waals surface area contributed by atoms with Gasteiger partial charge in [-0.15, -0.1) is 0 Å². The smallest absolute Gasteiger partial charge is 0.371 e. The Hall–Kier alpha value is -1.82. The van der Waals surface area contributed by atoms with Gasteiger partial charge in [-0.3, -0.25) is 4.79 Å². The summed E-state index contributed by atoms with van der Waals surface area (Å²) in [5.41, 5.74) is -0.486. The molecule has 1 fully saturated rings. The molecule has 1 aromatic rings. The molecule has 0 unspecified atom stereocenters. The molecule has 2 N–H and O–H groups in total.